The lowest BCUT2D eigenvalue weighted by molar-refractivity contribution is -0.122. The summed E-state index contributed by atoms with van der Waals surface area (Å²) in [6.45, 7) is 6.25. The van der Waals surface area contributed by atoms with Gasteiger partial charge in [0.15, 0.2) is 11.5 Å². The average molecular weight is 604 g/mol. The fourth-order valence-corrected chi connectivity index (χ4v) is 7.20. The molecule has 0 heterocycles. The molecule has 2 aromatic rings. The van der Waals surface area contributed by atoms with Crippen molar-refractivity contribution < 1.29 is 23.8 Å². The first-order valence-corrected chi connectivity index (χ1v) is 15.6. The highest BCUT2D eigenvalue weighted by Crippen LogP contribution is 2.50. The number of carbonyl (C=O) groups is 2. The summed E-state index contributed by atoms with van der Waals surface area (Å²) in [6.07, 6.45) is 8.65. The van der Waals surface area contributed by atoms with Gasteiger partial charge in [0.25, 0.3) is 0 Å². The minimum absolute atomic E-state index is 0.0992. The topological polar surface area (TPSA) is 115 Å². The smallest absolute Gasteiger partial charge is 0.242 e. The maximum atomic E-state index is 13.8. The number of hydrogen-bond acceptors (Lipinski definition) is 7. The first kappa shape index (κ1) is 31.4. The molecule has 0 unspecified atom stereocenters. The molecule has 0 spiro atoms. The molecule has 3 aliphatic rings. The number of benzene rings is 1. The summed E-state index contributed by atoms with van der Waals surface area (Å²) in [5, 5.41) is 9.51. The van der Waals surface area contributed by atoms with Crippen molar-refractivity contribution in [2.24, 2.45) is 23.7 Å². The van der Waals surface area contributed by atoms with E-state index < -0.39 is 12.1 Å². The summed E-state index contributed by atoms with van der Waals surface area (Å²) in [6, 6.07) is 6.13. The first-order chi connectivity index (χ1) is 21.1. The van der Waals surface area contributed by atoms with E-state index in [1.165, 1.54) is 13.3 Å². The standard InChI is InChI=1S/C35H45N3O6/c1-19(2)13-29(35(41)36-18-24-15-21-7-8-22(24)14-21)38-28-12-10-25-26(17-30(28)40)27(37-20(3)39)11-9-23-16-31(42-4)33(43-5)34(44-6)32(23)25/h7-8,10,12,16-17,19,21-22,24,27,29H,9,11,13-15,18H2,1-6H3,(H,36,41)(H,37,39)(H,38,40)/t21-,22-,24-,27-,29-/m0/s1. The molecule has 2 bridgehead atoms. The lowest BCUT2D eigenvalue weighted by Crippen LogP contribution is -2.43. The number of methoxy groups -OCH3 is 3. The highest BCUT2D eigenvalue weighted by Gasteiger charge is 2.36. The molecule has 0 aliphatic heterocycles. The van der Waals surface area contributed by atoms with E-state index >= 15 is 0 Å². The zero-order chi connectivity index (χ0) is 31.5. The van der Waals surface area contributed by atoms with Crippen LogP contribution >= 0.6 is 0 Å². The summed E-state index contributed by atoms with van der Waals surface area (Å²) < 4.78 is 17.2. The molecule has 1 saturated carbocycles. The maximum absolute atomic E-state index is 13.8. The molecule has 236 valence electrons. The molecule has 5 atom stereocenters. The van der Waals surface area contributed by atoms with Gasteiger partial charge in [-0.1, -0.05) is 32.1 Å². The van der Waals surface area contributed by atoms with Crippen LogP contribution in [0.25, 0.3) is 11.1 Å². The van der Waals surface area contributed by atoms with E-state index in [1.54, 1.807) is 33.5 Å². The molecule has 44 heavy (non-hydrogen) atoms. The van der Waals surface area contributed by atoms with Crippen LogP contribution in [0.2, 0.25) is 0 Å². The van der Waals surface area contributed by atoms with Gasteiger partial charge in [0, 0.05) is 19.0 Å². The largest absolute Gasteiger partial charge is 0.493 e. The Morgan fingerprint density at radius 3 is 2.39 bits per heavy atom. The zero-order valence-corrected chi connectivity index (χ0v) is 26.6. The number of allylic oxidation sites excluding steroid dienone is 2. The molecule has 9 nitrogen and oxygen atoms in total. The number of rotatable bonds is 11. The van der Waals surface area contributed by atoms with Gasteiger partial charge >= 0.3 is 0 Å². The van der Waals surface area contributed by atoms with Crippen molar-refractivity contribution in [2.75, 3.05) is 33.2 Å². The van der Waals surface area contributed by atoms with Gasteiger partial charge in [0.2, 0.25) is 23.0 Å². The van der Waals surface area contributed by atoms with Gasteiger partial charge in [-0.2, -0.15) is 0 Å². The van der Waals surface area contributed by atoms with Crippen molar-refractivity contribution >= 4 is 17.5 Å². The van der Waals surface area contributed by atoms with Crippen LogP contribution < -0.4 is 35.6 Å². The van der Waals surface area contributed by atoms with Crippen molar-refractivity contribution in [1.29, 1.82) is 0 Å². The molecule has 5 rings (SSSR count). The second kappa shape index (κ2) is 13.3. The van der Waals surface area contributed by atoms with Crippen LogP contribution in [0, 0.1) is 23.7 Å². The quantitative estimate of drug-likeness (QED) is 0.309. The summed E-state index contributed by atoms with van der Waals surface area (Å²) in [7, 11) is 4.71. The van der Waals surface area contributed by atoms with Gasteiger partial charge in [0.05, 0.1) is 33.1 Å². The monoisotopic (exact) mass is 603 g/mol. The highest BCUT2D eigenvalue weighted by molar-refractivity contribution is 5.86. The number of ether oxygens (including phenoxy) is 3. The molecule has 0 radical (unpaired) electrons. The molecule has 2 aromatic carbocycles. The number of fused-ring (bicyclic) bond motifs is 5. The van der Waals surface area contributed by atoms with E-state index in [-0.39, 0.29) is 23.2 Å². The number of anilines is 1. The molecular weight excluding hydrogens is 558 g/mol. The summed E-state index contributed by atoms with van der Waals surface area (Å²) >= 11 is 0. The molecule has 9 heteroatoms. The predicted octanol–water partition coefficient (Wildman–Crippen LogP) is 5.02. The average Bonchev–Trinajstić information content (AvgIpc) is 3.55. The van der Waals surface area contributed by atoms with Gasteiger partial charge < -0.3 is 30.2 Å². The van der Waals surface area contributed by atoms with Gasteiger partial charge in [-0.3, -0.25) is 14.4 Å². The molecule has 3 N–H and O–H groups in total. The minimum Gasteiger partial charge on any atom is -0.493 e. The molecule has 1 fully saturated rings. The Kier molecular flexibility index (Phi) is 9.51. The van der Waals surface area contributed by atoms with Crippen molar-refractivity contribution in [2.45, 2.75) is 65.0 Å². The van der Waals surface area contributed by atoms with Crippen molar-refractivity contribution in [3.8, 4) is 28.4 Å². The summed E-state index contributed by atoms with van der Waals surface area (Å²) in [5.74, 6) is 3.07. The molecule has 2 amide bonds. The third-order valence-electron chi connectivity index (χ3n) is 9.22. The van der Waals surface area contributed by atoms with E-state index in [2.05, 4.69) is 41.9 Å². The summed E-state index contributed by atoms with van der Waals surface area (Å²) in [4.78, 5) is 39.6. The van der Waals surface area contributed by atoms with E-state index in [0.717, 1.165) is 23.1 Å². The van der Waals surface area contributed by atoms with Gasteiger partial charge in [0.1, 0.15) is 6.04 Å². The Bertz CT molecular complexity index is 1500. The fraction of sp³-hybridized carbons (Fsp3) is 0.514. The van der Waals surface area contributed by atoms with Crippen molar-refractivity contribution in [3.05, 3.63) is 57.8 Å². The molecular formula is C35H45N3O6. The Labute approximate surface area is 259 Å². The lowest BCUT2D eigenvalue weighted by Gasteiger charge is -2.23. The second-order valence-corrected chi connectivity index (χ2v) is 12.7. The summed E-state index contributed by atoms with van der Waals surface area (Å²) in [5.41, 5.74) is 3.22. The van der Waals surface area contributed by atoms with E-state index in [4.69, 9.17) is 14.2 Å². The van der Waals surface area contributed by atoms with Gasteiger partial charge in [-0.05, 0) is 90.7 Å². The second-order valence-electron chi connectivity index (χ2n) is 12.7. The lowest BCUT2D eigenvalue weighted by atomic mass is 9.93. The number of carbonyl (C=O) groups excluding carboxylic acids is 2. The first-order valence-electron chi connectivity index (χ1n) is 15.6. The van der Waals surface area contributed by atoms with Crippen LogP contribution in [-0.2, 0) is 16.0 Å². The van der Waals surface area contributed by atoms with Crippen LogP contribution in [0.4, 0.5) is 5.69 Å². The van der Waals surface area contributed by atoms with Gasteiger partial charge in [-0.25, -0.2) is 0 Å². The normalized spacial score (nSPS) is 22.0. The minimum atomic E-state index is -0.573. The van der Waals surface area contributed by atoms with Crippen LogP contribution in [0.5, 0.6) is 17.2 Å². The Morgan fingerprint density at radius 1 is 1.00 bits per heavy atom. The molecule has 0 aromatic heterocycles. The third-order valence-corrected chi connectivity index (χ3v) is 9.22. The van der Waals surface area contributed by atoms with Crippen LogP contribution in [0.15, 0.2) is 41.2 Å². The number of hydrogen-bond donors (Lipinski definition) is 3. The Balaban J connectivity index is 1.53. The van der Waals surface area contributed by atoms with Crippen LogP contribution in [-0.4, -0.2) is 45.7 Å². The predicted molar refractivity (Wildman–Crippen MR) is 171 cm³/mol. The van der Waals surface area contributed by atoms with Crippen molar-refractivity contribution in [1.82, 2.24) is 10.6 Å². The van der Waals surface area contributed by atoms with Gasteiger partial charge in [-0.15, -0.1) is 0 Å². The van der Waals surface area contributed by atoms with Crippen LogP contribution in [0.3, 0.4) is 0 Å². The highest BCUT2D eigenvalue weighted by atomic mass is 16.5. The molecule has 3 aliphatic carbocycles. The molecule has 0 saturated heterocycles. The zero-order valence-electron chi connectivity index (χ0n) is 26.6. The number of amides is 2. The third kappa shape index (κ3) is 6.42. The fourth-order valence-electron chi connectivity index (χ4n) is 7.20. The van der Waals surface area contributed by atoms with E-state index in [0.29, 0.717) is 72.1 Å². The number of nitrogens with one attached hydrogen (secondary N) is 3. The number of aryl methyl sites for hydroxylation is 1. The van der Waals surface area contributed by atoms with E-state index in [9.17, 15) is 14.4 Å². The Morgan fingerprint density at radius 2 is 1.77 bits per heavy atom. The van der Waals surface area contributed by atoms with Crippen LogP contribution in [0.1, 0.15) is 63.6 Å². The SMILES string of the molecule is COc1cc2c(c(OC)c1OC)-c1ccc(N[C@@H](CC(C)C)C(=O)NC[C@@H]3C[C@H]4C=C[C@H]3C4)c(=O)cc1[C@@H](NC(C)=O)CC2. The van der Waals surface area contributed by atoms with Crippen molar-refractivity contribution in [3.63, 3.8) is 0 Å². The Hall–Kier alpha value is -4.01. The maximum Gasteiger partial charge on any atom is 0.242 e. The van der Waals surface area contributed by atoms with E-state index in [1.807, 2.05) is 12.1 Å².